The Kier molecular flexibility index (Phi) is 1.80. The van der Waals surface area contributed by atoms with Gasteiger partial charge in [0.25, 0.3) is 0 Å². The number of nitrogens with zero attached hydrogens (tertiary/aromatic N) is 1. The lowest BCUT2D eigenvalue weighted by molar-refractivity contribution is -0.0915. The van der Waals surface area contributed by atoms with Crippen LogP contribution in [0.2, 0.25) is 0 Å². The largest absolute Gasteiger partial charge is 0.476 e. The number of carboxylic acids is 1. The van der Waals surface area contributed by atoms with Gasteiger partial charge in [-0.1, -0.05) is 5.16 Å². The summed E-state index contributed by atoms with van der Waals surface area (Å²) in [7, 11) is 0. The molecule has 1 aliphatic rings. The molecule has 0 amide bonds. The summed E-state index contributed by atoms with van der Waals surface area (Å²) >= 11 is 0. The van der Waals surface area contributed by atoms with Crippen LogP contribution in [0.3, 0.4) is 0 Å². The van der Waals surface area contributed by atoms with E-state index in [1.165, 1.54) is 6.07 Å². The first-order valence-corrected chi connectivity index (χ1v) is 4.06. The van der Waals surface area contributed by atoms with Crippen molar-refractivity contribution in [3.8, 4) is 0 Å². The molecule has 1 heterocycles. The van der Waals surface area contributed by atoms with Crippen molar-refractivity contribution in [3.63, 3.8) is 0 Å². The molecule has 4 nitrogen and oxygen atoms in total. The molecule has 1 fully saturated rings. The molecule has 0 aromatic carbocycles. The summed E-state index contributed by atoms with van der Waals surface area (Å²) in [5.74, 6) is -4.02. The van der Waals surface area contributed by atoms with Crippen molar-refractivity contribution in [1.82, 2.24) is 5.16 Å². The van der Waals surface area contributed by atoms with Crippen LogP contribution >= 0.6 is 0 Å². The molecular weight excluding hydrogens is 196 g/mol. The Morgan fingerprint density at radius 1 is 1.64 bits per heavy atom. The van der Waals surface area contributed by atoms with Crippen molar-refractivity contribution in [3.05, 3.63) is 17.5 Å². The molecule has 76 valence electrons. The molecule has 1 aromatic rings. The minimum Gasteiger partial charge on any atom is -0.476 e. The van der Waals surface area contributed by atoms with Gasteiger partial charge in [-0.2, -0.15) is 0 Å². The van der Waals surface area contributed by atoms with Crippen LogP contribution in [-0.2, 0) is 0 Å². The number of carboxylic acid groups (broad SMARTS) is 1. The van der Waals surface area contributed by atoms with Crippen molar-refractivity contribution in [2.24, 2.45) is 0 Å². The monoisotopic (exact) mass is 203 g/mol. The number of aromatic carboxylic acids is 1. The molecule has 0 saturated heterocycles. The first-order valence-electron chi connectivity index (χ1n) is 4.06. The second kappa shape index (κ2) is 2.76. The van der Waals surface area contributed by atoms with E-state index in [0.717, 1.165) is 0 Å². The van der Waals surface area contributed by atoms with Crippen molar-refractivity contribution in [2.45, 2.75) is 24.7 Å². The van der Waals surface area contributed by atoms with Gasteiger partial charge in [0.1, 0.15) is 5.76 Å². The van der Waals surface area contributed by atoms with Gasteiger partial charge in [-0.25, -0.2) is 13.6 Å². The fraction of sp³-hybridized carbons (Fsp3) is 0.500. The van der Waals surface area contributed by atoms with Gasteiger partial charge in [0.15, 0.2) is 5.69 Å². The van der Waals surface area contributed by atoms with Gasteiger partial charge >= 0.3 is 5.97 Å². The number of hydrogen-bond acceptors (Lipinski definition) is 3. The SMILES string of the molecule is O=C(O)c1cc(C2CC(F)(F)C2)on1. The molecule has 2 rings (SSSR count). The molecule has 1 N–H and O–H groups in total. The second-order valence-electron chi connectivity index (χ2n) is 3.38. The maximum Gasteiger partial charge on any atom is 0.358 e. The molecule has 14 heavy (non-hydrogen) atoms. The summed E-state index contributed by atoms with van der Waals surface area (Å²) in [6.45, 7) is 0. The lowest BCUT2D eigenvalue weighted by Gasteiger charge is -2.32. The van der Waals surface area contributed by atoms with E-state index in [1.54, 1.807) is 0 Å². The van der Waals surface area contributed by atoms with Crippen LogP contribution in [0, 0.1) is 0 Å². The van der Waals surface area contributed by atoms with E-state index >= 15 is 0 Å². The van der Waals surface area contributed by atoms with Gasteiger partial charge < -0.3 is 9.63 Å². The maximum atomic E-state index is 12.5. The Morgan fingerprint density at radius 3 is 2.71 bits per heavy atom. The van der Waals surface area contributed by atoms with E-state index in [1.807, 2.05) is 0 Å². The van der Waals surface area contributed by atoms with Crippen molar-refractivity contribution >= 4 is 5.97 Å². The highest BCUT2D eigenvalue weighted by Crippen LogP contribution is 2.48. The minimum atomic E-state index is -2.64. The average Bonchev–Trinajstić information content (AvgIpc) is 2.47. The Hall–Kier alpha value is -1.46. The van der Waals surface area contributed by atoms with E-state index < -0.39 is 17.8 Å². The number of carbonyl (C=O) groups is 1. The molecular formula is C8H7F2NO3. The molecule has 0 spiro atoms. The first kappa shape index (κ1) is 9.11. The Bertz CT molecular complexity index is 366. The van der Waals surface area contributed by atoms with Gasteiger partial charge in [-0.3, -0.25) is 0 Å². The third-order valence-corrected chi connectivity index (χ3v) is 2.24. The fourth-order valence-electron chi connectivity index (χ4n) is 1.44. The van der Waals surface area contributed by atoms with Gasteiger partial charge in [-0.05, 0) is 0 Å². The number of hydrogen-bond donors (Lipinski definition) is 1. The lowest BCUT2D eigenvalue weighted by atomic mass is 9.80. The zero-order valence-corrected chi connectivity index (χ0v) is 7.04. The molecule has 1 aliphatic carbocycles. The Labute approximate surface area is 77.5 Å². The average molecular weight is 203 g/mol. The molecule has 1 aromatic heterocycles. The Balaban J connectivity index is 2.08. The summed E-state index contributed by atoms with van der Waals surface area (Å²) in [6, 6.07) is 1.20. The van der Waals surface area contributed by atoms with Crippen molar-refractivity contribution in [2.75, 3.05) is 0 Å². The number of rotatable bonds is 2. The number of aromatic nitrogens is 1. The maximum absolute atomic E-state index is 12.5. The predicted octanol–water partition coefficient (Wildman–Crippen LogP) is 1.89. The molecule has 0 aliphatic heterocycles. The van der Waals surface area contributed by atoms with Gasteiger partial charge in [0.05, 0.1) is 0 Å². The summed E-state index contributed by atoms with van der Waals surface area (Å²) in [4.78, 5) is 10.4. The summed E-state index contributed by atoms with van der Waals surface area (Å²) < 4.78 is 29.6. The summed E-state index contributed by atoms with van der Waals surface area (Å²) in [5, 5.41) is 11.7. The third-order valence-electron chi connectivity index (χ3n) is 2.24. The Morgan fingerprint density at radius 2 is 2.29 bits per heavy atom. The van der Waals surface area contributed by atoms with Crippen molar-refractivity contribution in [1.29, 1.82) is 0 Å². The van der Waals surface area contributed by atoms with Crippen molar-refractivity contribution < 1.29 is 23.2 Å². The van der Waals surface area contributed by atoms with E-state index in [9.17, 15) is 13.6 Å². The fourth-order valence-corrected chi connectivity index (χ4v) is 1.44. The molecule has 0 bridgehead atoms. The third kappa shape index (κ3) is 1.47. The molecule has 1 saturated carbocycles. The van der Waals surface area contributed by atoms with Crippen LogP contribution in [0.4, 0.5) is 8.78 Å². The standard InChI is InChI=1S/C8H7F2NO3/c9-8(10)2-4(3-8)6-1-5(7(12)13)11-14-6/h1,4H,2-3H2,(H,12,13). The highest BCUT2D eigenvalue weighted by Gasteiger charge is 2.47. The molecule has 0 atom stereocenters. The predicted molar refractivity (Wildman–Crippen MR) is 40.4 cm³/mol. The summed E-state index contributed by atoms with van der Waals surface area (Å²) in [5.41, 5.74) is -0.241. The quantitative estimate of drug-likeness (QED) is 0.797. The topological polar surface area (TPSA) is 63.3 Å². The van der Waals surface area contributed by atoms with Gasteiger partial charge in [-0.15, -0.1) is 0 Å². The highest BCUT2D eigenvalue weighted by atomic mass is 19.3. The zero-order valence-electron chi connectivity index (χ0n) is 7.04. The summed E-state index contributed by atoms with van der Waals surface area (Å²) in [6.07, 6.45) is -0.581. The molecule has 6 heteroatoms. The van der Waals surface area contributed by atoms with Crippen LogP contribution < -0.4 is 0 Å². The van der Waals surface area contributed by atoms with Gasteiger partial charge in [0, 0.05) is 24.8 Å². The van der Waals surface area contributed by atoms with E-state index in [-0.39, 0.29) is 24.3 Å². The lowest BCUT2D eigenvalue weighted by Crippen LogP contribution is -2.33. The van der Waals surface area contributed by atoms with Crippen LogP contribution in [0.25, 0.3) is 0 Å². The first-order chi connectivity index (χ1) is 6.48. The van der Waals surface area contributed by atoms with Crippen LogP contribution in [0.15, 0.2) is 10.6 Å². The zero-order chi connectivity index (χ0) is 10.3. The van der Waals surface area contributed by atoms with Gasteiger partial charge in [0.2, 0.25) is 5.92 Å². The smallest absolute Gasteiger partial charge is 0.358 e. The van der Waals surface area contributed by atoms with Crippen LogP contribution in [0.1, 0.15) is 35.0 Å². The van der Waals surface area contributed by atoms with Crippen LogP contribution in [-0.4, -0.2) is 22.2 Å². The van der Waals surface area contributed by atoms with E-state index in [4.69, 9.17) is 5.11 Å². The second-order valence-corrected chi connectivity index (χ2v) is 3.38. The normalized spacial score (nSPS) is 20.4. The minimum absolute atomic E-state index is 0.230. The molecule has 0 unspecified atom stereocenters. The highest BCUT2D eigenvalue weighted by molar-refractivity contribution is 5.85. The van der Waals surface area contributed by atoms with E-state index in [2.05, 4.69) is 9.68 Å². The van der Waals surface area contributed by atoms with E-state index in [0.29, 0.717) is 0 Å². The molecule has 0 radical (unpaired) electrons. The van der Waals surface area contributed by atoms with Crippen LogP contribution in [0.5, 0.6) is 0 Å². The number of alkyl halides is 2. The number of halogens is 2.